The van der Waals surface area contributed by atoms with Crippen LogP contribution in [0, 0.1) is 11.3 Å². The second-order valence-corrected chi connectivity index (χ2v) is 3.31. The molecule has 1 rings (SSSR count). The lowest BCUT2D eigenvalue weighted by Crippen LogP contribution is -2.13. The lowest BCUT2D eigenvalue weighted by Gasteiger charge is -2.09. The van der Waals surface area contributed by atoms with Crippen molar-refractivity contribution in [3.63, 3.8) is 0 Å². The van der Waals surface area contributed by atoms with Gasteiger partial charge in [-0.3, -0.25) is 9.78 Å². The predicted molar refractivity (Wildman–Crippen MR) is 54.3 cm³/mol. The van der Waals surface area contributed by atoms with Crippen molar-refractivity contribution >= 4 is 5.97 Å². The molecule has 96 valence electrons. The molecule has 0 radical (unpaired) electrons. The fourth-order valence-electron chi connectivity index (χ4n) is 1.28. The smallest absolute Gasteiger partial charge is 0.417 e. The van der Waals surface area contributed by atoms with Crippen molar-refractivity contribution in [1.29, 1.82) is 5.26 Å². The Morgan fingerprint density at radius 1 is 1.56 bits per heavy atom. The summed E-state index contributed by atoms with van der Waals surface area (Å²) in [6.45, 7) is 1.73. The Morgan fingerprint density at radius 3 is 2.72 bits per heavy atom. The van der Waals surface area contributed by atoms with Crippen molar-refractivity contribution < 1.29 is 22.7 Å². The first kappa shape index (κ1) is 14.0. The quantitative estimate of drug-likeness (QED) is 0.778. The summed E-state index contributed by atoms with van der Waals surface area (Å²) in [6, 6.07) is 2.10. The molecule has 0 atom stereocenters. The average molecular weight is 258 g/mol. The lowest BCUT2D eigenvalue weighted by atomic mass is 10.1. The number of alkyl halides is 3. The molecule has 0 spiro atoms. The van der Waals surface area contributed by atoms with Crippen molar-refractivity contribution in [2.24, 2.45) is 0 Å². The van der Waals surface area contributed by atoms with Crippen LogP contribution < -0.4 is 0 Å². The average Bonchev–Trinajstić information content (AvgIpc) is 2.28. The molecule has 0 aromatic carbocycles. The first-order valence-corrected chi connectivity index (χ1v) is 5.00. The highest BCUT2D eigenvalue weighted by molar-refractivity contribution is 5.72. The summed E-state index contributed by atoms with van der Waals surface area (Å²) in [5.74, 6) is -0.664. The number of hydrogen-bond acceptors (Lipinski definition) is 4. The van der Waals surface area contributed by atoms with E-state index < -0.39 is 23.3 Å². The Morgan fingerprint density at radius 2 is 2.22 bits per heavy atom. The van der Waals surface area contributed by atoms with Crippen LogP contribution in [0.2, 0.25) is 0 Å². The second kappa shape index (κ2) is 5.49. The maximum Gasteiger partial charge on any atom is 0.417 e. The van der Waals surface area contributed by atoms with E-state index >= 15 is 0 Å². The normalized spacial score (nSPS) is 10.8. The van der Waals surface area contributed by atoms with Crippen LogP contribution in [0.1, 0.15) is 23.7 Å². The van der Waals surface area contributed by atoms with Crippen molar-refractivity contribution in [3.8, 4) is 6.07 Å². The summed E-state index contributed by atoms with van der Waals surface area (Å²) < 4.78 is 42.4. The first-order valence-electron chi connectivity index (χ1n) is 5.00. The summed E-state index contributed by atoms with van der Waals surface area (Å²) in [5, 5.41) is 8.56. The third kappa shape index (κ3) is 3.45. The summed E-state index contributed by atoms with van der Waals surface area (Å²) in [4.78, 5) is 14.7. The number of nitriles is 1. The van der Waals surface area contributed by atoms with Crippen LogP contribution in [-0.2, 0) is 22.1 Å². The molecule has 0 fully saturated rings. The van der Waals surface area contributed by atoms with Crippen molar-refractivity contribution in [1.82, 2.24) is 4.98 Å². The summed E-state index contributed by atoms with van der Waals surface area (Å²) in [6.07, 6.45) is -4.21. The minimum atomic E-state index is -4.66. The van der Waals surface area contributed by atoms with Gasteiger partial charge in [0.15, 0.2) is 0 Å². The van der Waals surface area contributed by atoms with Gasteiger partial charge in [0.2, 0.25) is 0 Å². The lowest BCUT2D eigenvalue weighted by molar-refractivity contribution is -0.143. The Bertz CT molecular complexity index is 492. The number of carbonyl (C=O) groups excluding carboxylic acids is 1. The highest BCUT2D eigenvalue weighted by Crippen LogP contribution is 2.31. The fraction of sp³-hybridized carbons (Fsp3) is 0.364. The molecule has 0 unspecified atom stereocenters. The summed E-state index contributed by atoms with van der Waals surface area (Å²) in [7, 11) is 0. The van der Waals surface area contributed by atoms with Gasteiger partial charge in [0.1, 0.15) is 6.07 Å². The minimum Gasteiger partial charge on any atom is -0.466 e. The first-order chi connectivity index (χ1) is 8.38. The molecule has 0 aliphatic rings. The molecular weight excluding hydrogens is 249 g/mol. The van der Waals surface area contributed by atoms with Gasteiger partial charge in [0.25, 0.3) is 0 Å². The molecule has 4 nitrogen and oxygen atoms in total. The zero-order valence-corrected chi connectivity index (χ0v) is 9.41. The molecule has 0 saturated heterocycles. The fourth-order valence-corrected chi connectivity index (χ4v) is 1.28. The molecule has 0 saturated carbocycles. The van der Waals surface area contributed by atoms with Crippen LogP contribution in [0.3, 0.4) is 0 Å². The molecule has 0 aliphatic heterocycles. The van der Waals surface area contributed by atoms with Crippen LogP contribution >= 0.6 is 0 Å². The predicted octanol–water partition coefficient (Wildman–Crippen LogP) is 2.08. The number of halogens is 3. The topological polar surface area (TPSA) is 63.0 Å². The van der Waals surface area contributed by atoms with E-state index in [4.69, 9.17) is 5.26 Å². The summed E-state index contributed by atoms with van der Waals surface area (Å²) >= 11 is 0. The van der Waals surface area contributed by atoms with Crippen molar-refractivity contribution in [2.75, 3.05) is 6.61 Å². The molecule has 0 N–H and O–H groups in total. The molecule has 1 aromatic heterocycles. The van der Waals surface area contributed by atoms with Gasteiger partial charge in [0, 0.05) is 6.20 Å². The van der Waals surface area contributed by atoms with E-state index in [9.17, 15) is 18.0 Å². The summed E-state index contributed by atoms with van der Waals surface area (Å²) in [5.41, 5.74) is -1.76. The Labute approximate surface area is 101 Å². The van der Waals surface area contributed by atoms with Crippen LogP contribution in [0.15, 0.2) is 12.3 Å². The molecule has 1 heterocycles. The third-order valence-electron chi connectivity index (χ3n) is 2.02. The standard InChI is InChI=1S/C11H9F3N2O2/c1-2-18-10(17)4-8-3-9(11(12,13)14)7(5-15)6-16-8/h3,6H,2,4H2,1H3. The number of rotatable bonds is 3. The van der Waals surface area contributed by atoms with E-state index in [1.165, 1.54) is 6.07 Å². The van der Waals surface area contributed by atoms with E-state index in [0.717, 1.165) is 6.20 Å². The SMILES string of the molecule is CCOC(=O)Cc1cc(C(F)(F)F)c(C#N)cn1. The number of aromatic nitrogens is 1. The number of hydrogen-bond donors (Lipinski definition) is 0. The minimum absolute atomic E-state index is 0.0835. The maximum absolute atomic E-state index is 12.6. The molecule has 18 heavy (non-hydrogen) atoms. The van der Waals surface area contributed by atoms with Crippen LogP contribution in [0.4, 0.5) is 13.2 Å². The van der Waals surface area contributed by atoms with Gasteiger partial charge in [-0.15, -0.1) is 0 Å². The van der Waals surface area contributed by atoms with Crippen molar-refractivity contribution in [2.45, 2.75) is 19.5 Å². The second-order valence-electron chi connectivity index (χ2n) is 3.31. The molecule has 0 amide bonds. The van der Waals surface area contributed by atoms with Crippen LogP contribution in [0.5, 0.6) is 0 Å². The highest BCUT2D eigenvalue weighted by Gasteiger charge is 2.34. The van der Waals surface area contributed by atoms with Gasteiger partial charge in [0.05, 0.1) is 29.8 Å². The van der Waals surface area contributed by atoms with Gasteiger partial charge in [-0.2, -0.15) is 18.4 Å². The number of nitrogens with zero attached hydrogens (tertiary/aromatic N) is 2. The number of esters is 1. The molecular formula is C11H9F3N2O2. The molecule has 1 aromatic rings. The van der Waals surface area contributed by atoms with Crippen LogP contribution in [-0.4, -0.2) is 17.6 Å². The Kier molecular flexibility index (Phi) is 4.26. The van der Waals surface area contributed by atoms with Crippen LogP contribution in [0.25, 0.3) is 0 Å². The monoisotopic (exact) mass is 258 g/mol. The van der Waals surface area contributed by atoms with E-state index in [0.29, 0.717) is 6.07 Å². The maximum atomic E-state index is 12.6. The number of carbonyl (C=O) groups is 1. The number of pyridine rings is 1. The van der Waals surface area contributed by atoms with E-state index in [1.807, 2.05) is 0 Å². The van der Waals surface area contributed by atoms with Gasteiger partial charge in [-0.1, -0.05) is 0 Å². The van der Waals surface area contributed by atoms with Gasteiger partial charge in [-0.25, -0.2) is 0 Å². The van der Waals surface area contributed by atoms with E-state index in [2.05, 4.69) is 9.72 Å². The Balaban J connectivity index is 3.05. The number of ether oxygens (including phenoxy) is 1. The third-order valence-corrected chi connectivity index (χ3v) is 2.02. The van der Waals surface area contributed by atoms with E-state index in [-0.39, 0.29) is 18.7 Å². The molecule has 0 bridgehead atoms. The van der Waals surface area contributed by atoms with Gasteiger partial charge < -0.3 is 4.74 Å². The molecule has 0 aliphatic carbocycles. The zero-order chi connectivity index (χ0) is 13.8. The van der Waals surface area contributed by atoms with Crippen molar-refractivity contribution in [3.05, 3.63) is 29.1 Å². The highest BCUT2D eigenvalue weighted by atomic mass is 19.4. The largest absolute Gasteiger partial charge is 0.466 e. The van der Waals surface area contributed by atoms with Gasteiger partial charge >= 0.3 is 12.1 Å². The zero-order valence-electron chi connectivity index (χ0n) is 9.41. The molecule has 7 heteroatoms. The van der Waals surface area contributed by atoms with E-state index in [1.54, 1.807) is 6.92 Å². The van der Waals surface area contributed by atoms with Gasteiger partial charge in [-0.05, 0) is 13.0 Å². The Hall–Kier alpha value is -2.10.